The van der Waals surface area contributed by atoms with Gasteiger partial charge in [-0.15, -0.1) is 0 Å². The molecule has 1 amide bonds. The first-order valence-corrected chi connectivity index (χ1v) is 8.04. The van der Waals surface area contributed by atoms with E-state index in [4.69, 9.17) is 0 Å². The number of imidazole rings is 1. The van der Waals surface area contributed by atoms with E-state index in [-0.39, 0.29) is 17.9 Å². The predicted molar refractivity (Wildman–Crippen MR) is 85.1 cm³/mol. The van der Waals surface area contributed by atoms with E-state index in [2.05, 4.69) is 9.88 Å². The normalized spacial score (nSPS) is 15.6. The Morgan fingerprint density at radius 2 is 1.84 bits per heavy atom. The highest BCUT2D eigenvalue weighted by Crippen LogP contribution is 2.17. The van der Waals surface area contributed by atoms with Gasteiger partial charge in [-0.3, -0.25) is 9.69 Å². The molecule has 0 N–H and O–H groups in total. The lowest BCUT2D eigenvalue weighted by Crippen LogP contribution is -2.49. The second-order valence-electron chi connectivity index (χ2n) is 6.12. The minimum atomic E-state index is -1.54. The number of halogens is 3. The third-order valence-electron chi connectivity index (χ3n) is 4.47. The molecule has 25 heavy (non-hydrogen) atoms. The molecule has 134 valence electrons. The van der Waals surface area contributed by atoms with Crippen molar-refractivity contribution in [3.8, 4) is 0 Å². The fraction of sp³-hybridized carbons (Fsp3) is 0.412. The third-order valence-corrected chi connectivity index (χ3v) is 4.47. The van der Waals surface area contributed by atoms with E-state index in [1.54, 1.807) is 11.1 Å². The van der Waals surface area contributed by atoms with E-state index in [1.807, 2.05) is 17.8 Å². The standard InChI is InChI=1S/C17H19F3N4O/c1-22-5-4-21-14(22)11-23-6-8-24(9-7-23)15(25)10-12-2-3-13(18)17(20)16(12)19/h2-5H,6-11H2,1H3. The lowest BCUT2D eigenvalue weighted by molar-refractivity contribution is -0.132. The Balaban J connectivity index is 1.55. The van der Waals surface area contributed by atoms with E-state index >= 15 is 0 Å². The summed E-state index contributed by atoms with van der Waals surface area (Å²) >= 11 is 0. The van der Waals surface area contributed by atoms with Crippen molar-refractivity contribution in [2.75, 3.05) is 26.2 Å². The fourth-order valence-electron chi connectivity index (χ4n) is 2.88. The van der Waals surface area contributed by atoms with Crippen LogP contribution in [-0.2, 0) is 24.8 Å². The average molecular weight is 352 g/mol. The second kappa shape index (κ2) is 7.26. The van der Waals surface area contributed by atoms with Crippen LogP contribution in [0.25, 0.3) is 0 Å². The molecular weight excluding hydrogens is 333 g/mol. The Morgan fingerprint density at radius 1 is 1.12 bits per heavy atom. The molecule has 0 aliphatic carbocycles. The van der Waals surface area contributed by atoms with Gasteiger partial charge >= 0.3 is 0 Å². The van der Waals surface area contributed by atoms with Crippen LogP contribution in [0.1, 0.15) is 11.4 Å². The SMILES string of the molecule is Cn1ccnc1CN1CCN(C(=O)Cc2ccc(F)c(F)c2F)CC1. The number of piperazine rings is 1. The van der Waals surface area contributed by atoms with Crippen molar-refractivity contribution in [1.82, 2.24) is 19.4 Å². The van der Waals surface area contributed by atoms with E-state index < -0.39 is 17.5 Å². The summed E-state index contributed by atoms with van der Waals surface area (Å²) in [7, 11) is 1.93. The number of carbonyl (C=O) groups excluding carboxylic acids is 1. The van der Waals surface area contributed by atoms with Crippen LogP contribution in [0, 0.1) is 17.5 Å². The van der Waals surface area contributed by atoms with Crippen molar-refractivity contribution in [2.45, 2.75) is 13.0 Å². The zero-order valence-corrected chi connectivity index (χ0v) is 13.9. The number of nitrogens with zero attached hydrogens (tertiary/aromatic N) is 4. The summed E-state index contributed by atoms with van der Waals surface area (Å²) in [6, 6.07) is 1.95. The number of hydrogen-bond acceptors (Lipinski definition) is 3. The van der Waals surface area contributed by atoms with E-state index in [0.29, 0.717) is 32.7 Å². The molecule has 8 heteroatoms. The Bertz CT molecular complexity index is 769. The number of hydrogen-bond donors (Lipinski definition) is 0. The molecule has 1 aromatic carbocycles. The molecule has 2 aromatic rings. The van der Waals surface area contributed by atoms with Crippen LogP contribution in [0.5, 0.6) is 0 Å². The van der Waals surface area contributed by atoms with Gasteiger partial charge in [0, 0.05) is 51.2 Å². The topological polar surface area (TPSA) is 41.4 Å². The lowest BCUT2D eigenvalue weighted by atomic mass is 10.1. The maximum Gasteiger partial charge on any atom is 0.227 e. The van der Waals surface area contributed by atoms with Gasteiger partial charge in [0.1, 0.15) is 5.82 Å². The summed E-state index contributed by atoms with van der Waals surface area (Å²) in [5, 5.41) is 0. The highest BCUT2D eigenvalue weighted by Gasteiger charge is 2.23. The molecule has 2 heterocycles. The van der Waals surface area contributed by atoms with Crippen LogP contribution in [-0.4, -0.2) is 51.4 Å². The summed E-state index contributed by atoms with van der Waals surface area (Å²) in [5.74, 6) is -3.42. The van der Waals surface area contributed by atoms with E-state index in [0.717, 1.165) is 18.0 Å². The van der Waals surface area contributed by atoms with E-state index in [9.17, 15) is 18.0 Å². The summed E-state index contributed by atoms with van der Waals surface area (Å²) in [4.78, 5) is 20.4. The molecule has 0 radical (unpaired) electrons. The molecule has 0 atom stereocenters. The van der Waals surface area contributed by atoms with Crippen molar-refractivity contribution in [2.24, 2.45) is 7.05 Å². The van der Waals surface area contributed by atoms with Crippen molar-refractivity contribution in [1.29, 1.82) is 0 Å². The Morgan fingerprint density at radius 3 is 2.48 bits per heavy atom. The van der Waals surface area contributed by atoms with Crippen LogP contribution < -0.4 is 0 Å². The Hall–Kier alpha value is -2.35. The van der Waals surface area contributed by atoms with Crippen molar-refractivity contribution < 1.29 is 18.0 Å². The van der Waals surface area contributed by atoms with E-state index in [1.165, 1.54) is 0 Å². The molecule has 0 saturated carbocycles. The summed E-state index contributed by atoms with van der Waals surface area (Å²) in [6.07, 6.45) is 3.35. The minimum Gasteiger partial charge on any atom is -0.340 e. The number of benzene rings is 1. The molecule has 1 aliphatic heterocycles. The zero-order valence-electron chi connectivity index (χ0n) is 13.9. The van der Waals surface area contributed by atoms with Gasteiger partial charge in [0.15, 0.2) is 17.5 Å². The fourth-order valence-corrected chi connectivity index (χ4v) is 2.88. The monoisotopic (exact) mass is 352 g/mol. The van der Waals surface area contributed by atoms with Gasteiger partial charge in [-0.2, -0.15) is 0 Å². The number of aryl methyl sites for hydroxylation is 1. The first-order chi connectivity index (χ1) is 12.0. The van der Waals surface area contributed by atoms with Gasteiger partial charge in [0.05, 0.1) is 13.0 Å². The van der Waals surface area contributed by atoms with Crippen molar-refractivity contribution in [3.05, 3.63) is 53.4 Å². The Kier molecular flexibility index (Phi) is 5.08. The lowest BCUT2D eigenvalue weighted by Gasteiger charge is -2.34. The van der Waals surface area contributed by atoms with Gasteiger partial charge in [-0.1, -0.05) is 6.07 Å². The summed E-state index contributed by atoms with van der Waals surface area (Å²) in [5.41, 5.74) is -0.126. The molecule has 0 unspecified atom stereocenters. The zero-order chi connectivity index (χ0) is 18.0. The number of amides is 1. The van der Waals surface area contributed by atoms with Crippen LogP contribution in [0.4, 0.5) is 13.2 Å². The molecule has 1 fully saturated rings. The molecule has 1 aromatic heterocycles. The largest absolute Gasteiger partial charge is 0.340 e. The molecule has 3 rings (SSSR count). The Labute approximate surface area is 143 Å². The first-order valence-electron chi connectivity index (χ1n) is 8.04. The highest BCUT2D eigenvalue weighted by atomic mass is 19.2. The van der Waals surface area contributed by atoms with Crippen LogP contribution in [0.3, 0.4) is 0 Å². The van der Waals surface area contributed by atoms with Crippen LogP contribution >= 0.6 is 0 Å². The van der Waals surface area contributed by atoms with Gasteiger partial charge < -0.3 is 9.47 Å². The van der Waals surface area contributed by atoms with Crippen LogP contribution in [0.2, 0.25) is 0 Å². The molecule has 0 spiro atoms. The molecule has 0 bridgehead atoms. The number of aromatic nitrogens is 2. The number of rotatable bonds is 4. The van der Waals surface area contributed by atoms with Gasteiger partial charge in [-0.05, 0) is 6.07 Å². The van der Waals surface area contributed by atoms with Gasteiger partial charge in [-0.25, -0.2) is 18.2 Å². The van der Waals surface area contributed by atoms with Gasteiger partial charge in [0.2, 0.25) is 5.91 Å². The molecular formula is C17H19F3N4O. The van der Waals surface area contributed by atoms with Crippen LogP contribution in [0.15, 0.2) is 24.5 Å². The summed E-state index contributed by atoms with van der Waals surface area (Å²) < 4.78 is 41.9. The highest BCUT2D eigenvalue weighted by molar-refractivity contribution is 5.79. The van der Waals surface area contributed by atoms with Crippen molar-refractivity contribution >= 4 is 5.91 Å². The summed E-state index contributed by atoms with van der Waals surface area (Å²) in [6.45, 7) is 3.07. The van der Waals surface area contributed by atoms with Crippen molar-refractivity contribution in [3.63, 3.8) is 0 Å². The maximum atomic E-state index is 13.7. The quantitative estimate of drug-likeness (QED) is 0.787. The molecule has 1 aliphatic rings. The number of carbonyl (C=O) groups is 1. The first kappa shape index (κ1) is 17.5. The smallest absolute Gasteiger partial charge is 0.227 e. The molecule has 1 saturated heterocycles. The minimum absolute atomic E-state index is 0.126. The maximum absolute atomic E-state index is 13.7. The van der Waals surface area contributed by atoms with Gasteiger partial charge in [0.25, 0.3) is 0 Å². The molecule has 5 nitrogen and oxygen atoms in total. The predicted octanol–water partition coefficient (Wildman–Crippen LogP) is 1.72. The second-order valence-corrected chi connectivity index (χ2v) is 6.12. The average Bonchev–Trinajstić information content (AvgIpc) is 3.01. The third kappa shape index (κ3) is 3.84.